The van der Waals surface area contributed by atoms with E-state index in [0.717, 1.165) is 56.5 Å². The number of nitrogens with one attached hydrogen (secondary N) is 1. The van der Waals surface area contributed by atoms with Crippen LogP contribution in [0.2, 0.25) is 5.02 Å². The van der Waals surface area contributed by atoms with Gasteiger partial charge in [-0.05, 0) is 37.4 Å². The molecule has 0 aliphatic carbocycles. The Kier molecular flexibility index (Phi) is 7.36. The van der Waals surface area contributed by atoms with Crippen LogP contribution in [0.4, 0.5) is 5.82 Å². The number of aromatic nitrogens is 3. The molecule has 0 atom stereocenters. The van der Waals surface area contributed by atoms with Gasteiger partial charge < -0.3 is 15.0 Å². The molecule has 4 rings (SSSR count). The summed E-state index contributed by atoms with van der Waals surface area (Å²) in [6, 6.07) is 10.7. The Morgan fingerprint density at radius 1 is 1.06 bits per heavy atom. The van der Waals surface area contributed by atoms with Crippen LogP contribution >= 0.6 is 11.6 Å². The van der Waals surface area contributed by atoms with Crippen LogP contribution in [0, 0.1) is 0 Å². The van der Waals surface area contributed by atoms with E-state index < -0.39 is 0 Å². The number of hydrogen-bond donors (Lipinski definition) is 1. The van der Waals surface area contributed by atoms with Crippen molar-refractivity contribution in [2.75, 3.05) is 51.2 Å². The Labute approximate surface area is 192 Å². The minimum Gasteiger partial charge on any atom is -0.487 e. The first kappa shape index (κ1) is 22.3. The highest BCUT2D eigenvalue weighted by atomic mass is 35.5. The summed E-state index contributed by atoms with van der Waals surface area (Å²) >= 11 is 5.84. The van der Waals surface area contributed by atoms with Gasteiger partial charge in [-0.15, -0.1) is 0 Å². The van der Waals surface area contributed by atoms with Crippen molar-refractivity contribution in [1.82, 2.24) is 24.8 Å². The number of ether oxygens (including phenoxy) is 1. The third-order valence-corrected chi connectivity index (χ3v) is 5.67. The van der Waals surface area contributed by atoms with E-state index in [4.69, 9.17) is 16.3 Å². The first-order valence-corrected chi connectivity index (χ1v) is 11.0. The molecular weight excluding hydrogens is 428 g/mol. The molecule has 1 N–H and O–H groups in total. The van der Waals surface area contributed by atoms with Crippen molar-refractivity contribution < 1.29 is 4.74 Å². The predicted octanol–water partition coefficient (Wildman–Crippen LogP) is 2.20. The van der Waals surface area contributed by atoms with E-state index in [1.807, 2.05) is 19.2 Å². The van der Waals surface area contributed by atoms with Gasteiger partial charge in [0.15, 0.2) is 0 Å². The van der Waals surface area contributed by atoms with Crippen molar-refractivity contribution >= 4 is 17.4 Å². The zero-order valence-electron chi connectivity index (χ0n) is 18.1. The normalized spacial score (nSPS) is 14.5. The zero-order chi connectivity index (χ0) is 22.3. The van der Waals surface area contributed by atoms with Crippen LogP contribution in [-0.4, -0.2) is 65.8 Å². The van der Waals surface area contributed by atoms with Crippen molar-refractivity contribution in [3.05, 3.63) is 76.1 Å². The van der Waals surface area contributed by atoms with Gasteiger partial charge in [0, 0.05) is 57.7 Å². The monoisotopic (exact) mass is 454 g/mol. The van der Waals surface area contributed by atoms with Crippen LogP contribution in [-0.2, 0) is 6.61 Å². The highest BCUT2D eigenvalue weighted by Gasteiger charge is 2.17. The number of pyridine rings is 3. The molecule has 0 amide bonds. The smallest absolute Gasteiger partial charge is 0.258 e. The first-order valence-electron chi connectivity index (χ1n) is 10.7. The summed E-state index contributed by atoms with van der Waals surface area (Å²) in [6.45, 7) is 6.28. The molecule has 0 radical (unpaired) electrons. The summed E-state index contributed by atoms with van der Waals surface area (Å²) in [5.41, 5.74) is 1.28. The van der Waals surface area contributed by atoms with Gasteiger partial charge >= 0.3 is 0 Å². The van der Waals surface area contributed by atoms with Gasteiger partial charge in [0.2, 0.25) is 0 Å². The average Bonchev–Trinajstić information content (AvgIpc) is 2.83. The molecule has 1 fully saturated rings. The molecule has 8 nitrogen and oxygen atoms in total. The Hall–Kier alpha value is -2.94. The van der Waals surface area contributed by atoms with Crippen molar-refractivity contribution in [1.29, 1.82) is 0 Å². The lowest BCUT2D eigenvalue weighted by molar-refractivity contribution is 0.259. The second kappa shape index (κ2) is 10.6. The van der Waals surface area contributed by atoms with Crippen LogP contribution in [0.25, 0.3) is 5.69 Å². The van der Waals surface area contributed by atoms with E-state index >= 15 is 0 Å². The molecular formula is C23H27ClN6O2. The second-order valence-corrected chi connectivity index (χ2v) is 8.07. The Bertz CT molecular complexity index is 1060. The molecule has 3 aromatic heterocycles. The van der Waals surface area contributed by atoms with Crippen molar-refractivity contribution in [2.45, 2.75) is 6.61 Å². The quantitative estimate of drug-likeness (QED) is 0.559. The Balaban J connectivity index is 1.36. The van der Waals surface area contributed by atoms with Gasteiger partial charge in [0.1, 0.15) is 18.2 Å². The predicted molar refractivity (Wildman–Crippen MR) is 126 cm³/mol. The minimum atomic E-state index is -0.181. The fourth-order valence-electron chi connectivity index (χ4n) is 3.59. The molecule has 168 valence electrons. The largest absolute Gasteiger partial charge is 0.487 e. The average molecular weight is 455 g/mol. The van der Waals surface area contributed by atoms with Crippen LogP contribution in [0.1, 0.15) is 5.69 Å². The topological polar surface area (TPSA) is 75.5 Å². The Morgan fingerprint density at radius 2 is 1.91 bits per heavy atom. The maximum Gasteiger partial charge on any atom is 0.258 e. The molecule has 4 heterocycles. The third kappa shape index (κ3) is 5.64. The molecule has 0 unspecified atom stereocenters. The standard InChI is InChI=1S/C23H27ClN6O2/c1-25-7-9-28-10-12-29(13-11-28)22-5-4-20(16-27-22)30-8-6-21(14-23(30)31)32-17-19-3-2-18(24)15-26-19/h2-6,8,14-16,25H,7,9-13,17H2,1H3. The molecule has 3 aromatic rings. The van der Waals surface area contributed by atoms with Crippen LogP contribution in [0.15, 0.2) is 59.8 Å². The number of rotatable bonds is 8. The summed E-state index contributed by atoms with van der Waals surface area (Å²) < 4.78 is 7.24. The van der Waals surface area contributed by atoms with Gasteiger partial charge in [-0.1, -0.05) is 11.6 Å². The summed E-state index contributed by atoms with van der Waals surface area (Å²) in [5.74, 6) is 1.43. The lowest BCUT2D eigenvalue weighted by Gasteiger charge is -2.35. The number of nitrogens with zero attached hydrogens (tertiary/aromatic N) is 5. The van der Waals surface area contributed by atoms with Gasteiger partial charge in [-0.3, -0.25) is 19.2 Å². The van der Waals surface area contributed by atoms with E-state index in [0.29, 0.717) is 10.8 Å². The van der Waals surface area contributed by atoms with Crippen LogP contribution in [0.5, 0.6) is 5.75 Å². The van der Waals surface area contributed by atoms with Crippen molar-refractivity contribution in [3.8, 4) is 11.4 Å². The summed E-state index contributed by atoms with van der Waals surface area (Å²) in [6.07, 6.45) is 5.01. The highest BCUT2D eigenvalue weighted by molar-refractivity contribution is 6.30. The third-order valence-electron chi connectivity index (χ3n) is 5.45. The number of halogens is 1. The van der Waals surface area contributed by atoms with E-state index in [9.17, 15) is 4.79 Å². The molecule has 0 bridgehead atoms. The fourth-order valence-corrected chi connectivity index (χ4v) is 3.70. The van der Waals surface area contributed by atoms with Gasteiger partial charge in [0.05, 0.1) is 22.6 Å². The molecule has 1 saturated heterocycles. The van der Waals surface area contributed by atoms with E-state index in [2.05, 4.69) is 25.1 Å². The molecule has 0 spiro atoms. The minimum absolute atomic E-state index is 0.181. The van der Waals surface area contributed by atoms with E-state index in [1.165, 1.54) is 6.07 Å². The SMILES string of the molecule is CNCCN1CCN(c2ccc(-n3ccc(OCc4ccc(Cl)cn4)cc3=O)cn2)CC1. The maximum atomic E-state index is 12.6. The number of anilines is 1. The zero-order valence-corrected chi connectivity index (χ0v) is 18.8. The molecule has 9 heteroatoms. The summed E-state index contributed by atoms with van der Waals surface area (Å²) in [4.78, 5) is 26.1. The number of hydrogen-bond acceptors (Lipinski definition) is 7. The Morgan fingerprint density at radius 3 is 2.56 bits per heavy atom. The highest BCUT2D eigenvalue weighted by Crippen LogP contribution is 2.17. The molecule has 1 aliphatic heterocycles. The van der Waals surface area contributed by atoms with Crippen molar-refractivity contribution in [2.24, 2.45) is 0 Å². The van der Waals surface area contributed by atoms with E-state index in [-0.39, 0.29) is 12.2 Å². The van der Waals surface area contributed by atoms with E-state index in [1.54, 1.807) is 41.4 Å². The fraction of sp³-hybridized carbons (Fsp3) is 0.348. The van der Waals surface area contributed by atoms with Crippen LogP contribution < -0.4 is 20.5 Å². The van der Waals surface area contributed by atoms with Crippen LogP contribution in [0.3, 0.4) is 0 Å². The molecule has 0 saturated carbocycles. The van der Waals surface area contributed by atoms with Gasteiger partial charge in [-0.2, -0.15) is 0 Å². The molecule has 1 aliphatic rings. The molecule has 32 heavy (non-hydrogen) atoms. The lowest BCUT2D eigenvalue weighted by atomic mass is 10.3. The number of piperazine rings is 1. The molecule has 0 aromatic carbocycles. The van der Waals surface area contributed by atoms with Gasteiger partial charge in [0.25, 0.3) is 5.56 Å². The second-order valence-electron chi connectivity index (χ2n) is 7.63. The maximum absolute atomic E-state index is 12.6. The summed E-state index contributed by atoms with van der Waals surface area (Å²) in [7, 11) is 1.98. The van der Waals surface area contributed by atoms with Crippen molar-refractivity contribution in [3.63, 3.8) is 0 Å². The lowest BCUT2D eigenvalue weighted by Crippen LogP contribution is -2.48. The number of likely N-dealkylation sites (N-methyl/N-ethyl adjacent to an activating group) is 1. The first-order chi connectivity index (χ1) is 15.6. The van der Waals surface area contributed by atoms with Gasteiger partial charge in [-0.25, -0.2) is 4.98 Å². The summed E-state index contributed by atoms with van der Waals surface area (Å²) in [5, 5.41) is 3.77.